The van der Waals surface area contributed by atoms with Crippen LogP contribution in [0.2, 0.25) is 0 Å². The second-order valence-electron chi connectivity index (χ2n) is 9.00. The Labute approximate surface area is 208 Å². The summed E-state index contributed by atoms with van der Waals surface area (Å²) in [5.41, 5.74) is 0.398. The fourth-order valence-electron chi connectivity index (χ4n) is 3.37. The summed E-state index contributed by atoms with van der Waals surface area (Å²) in [6.45, 7) is 8.52. The molecule has 3 unspecified atom stereocenters. The maximum atomic E-state index is 13.5. The summed E-state index contributed by atoms with van der Waals surface area (Å²) < 4.78 is 5.26. The molecule has 3 N–H and O–H groups in total. The van der Waals surface area contributed by atoms with Crippen molar-refractivity contribution in [3.8, 4) is 12.3 Å². The van der Waals surface area contributed by atoms with Crippen molar-refractivity contribution in [1.29, 1.82) is 0 Å². The van der Waals surface area contributed by atoms with E-state index in [0.29, 0.717) is 11.1 Å². The molecule has 0 heterocycles. The van der Waals surface area contributed by atoms with Gasteiger partial charge in [-0.1, -0.05) is 31.4 Å². The molecule has 0 aliphatic rings. The molecular formula is C25H37N3O5S. The zero-order valence-corrected chi connectivity index (χ0v) is 21.5. The molecule has 1 aromatic rings. The topological polar surface area (TPSA) is 108 Å². The Bertz CT molecular complexity index is 861. The Hall–Kier alpha value is -2.70. The van der Waals surface area contributed by atoms with Gasteiger partial charge in [0, 0.05) is 23.9 Å². The van der Waals surface area contributed by atoms with Gasteiger partial charge in [0.1, 0.15) is 17.7 Å². The second kappa shape index (κ2) is 13.9. The summed E-state index contributed by atoms with van der Waals surface area (Å²) in [5, 5.41) is 15.2. The first kappa shape index (κ1) is 29.3. The molecule has 0 bridgehead atoms. The van der Waals surface area contributed by atoms with Gasteiger partial charge in [-0.25, -0.2) is 4.79 Å². The van der Waals surface area contributed by atoms with Gasteiger partial charge in [-0.3, -0.25) is 9.59 Å². The fourth-order valence-corrected chi connectivity index (χ4v) is 3.62. The van der Waals surface area contributed by atoms with E-state index in [2.05, 4.69) is 29.2 Å². The van der Waals surface area contributed by atoms with Crippen molar-refractivity contribution in [3.05, 3.63) is 35.4 Å². The molecule has 0 fully saturated rings. The van der Waals surface area contributed by atoms with E-state index in [-0.39, 0.29) is 24.9 Å². The van der Waals surface area contributed by atoms with Crippen molar-refractivity contribution in [3.63, 3.8) is 0 Å². The van der Waals surface area contributed by atoms with E-state index in [1.54, 1.807) is 45.0 Å². The van der Waals surface area contributed by atoms with Gasteiger partial charge in [0.05, 0.1) is 6.61 Å². The Balaban J connectivity index is 3.34. The Morgan fingerprint density at radius 1 is 1.21 bits per heavy atom. The smallest absolute Gasteiger partial charge is 0.408 e. The molecule has 188 valence electrons. The van der Waals surface area contributed by atoms with E-state index in [4.69, 9.17) is 11.2 Å². The first-order chi connectivity index (χ1) is 16.0. The lowest BCUT2D eigenvalue weighted by Gasteiger charge is -2.34. The van der Waals surface area contributed by atoms with Gasteiger partial charge in [-0.2, -0.15) is 12.6 Å². The maximum absolute atomic E-state index is 13.5. The first-order valence-corrected chi connectivity index (χ1v) is 12.0. The van der Waals surface area contributed by atoms with Gasteiger partial charge in [0.15, 0.2) is 0 Å². The molecule has 0 aromatic heterocycles. The number of aliphatic hydroxyl groups excluding tert-OH is 1. The highest BCUT2D eigenvalue weighted by molar-refractivity contribution is 7.80. The molecule has 1 rings (SSSR count). The number of benzene rings is 1. The van der Waals surface area contributed by atoms with Crippen LogP contribution in [0.3, 0.4) is 0 Å². The largest absolute Gasteiger partial charge is 0.444 e. The molecule has 34 heavy (non-hydrogen) atoms. The number of thiol groups is 1. The average Bonchev–Trinajstić information content (AvgIpc) is 2.76. The van der Waals surface area contributed by atoms with Gasteiger partial charge >= 0.3 is 6.09 Å². The van der Waals surface area contributed by atoms with E-state index in [9.17, 15) is 19.5 Å². The van der Waals surface area contributed by atoms with Gasteiger partial charge in [0.25, 0.3) is 0 Å². The number of alkyl carbamates (subject to hydrolysis) is 1. The van der Waals surface area contributed by atoms with Crippen LogP contribution in [0.25, 0.3) is 0 Å². The number of carbonyl (C=O) groups is 3. The zero-order valence-electron chi connectivity index (χ0n) is 20.6. The number of ether oxygens (including phenoxy) is 1. The van der Waals surface area contributed by atoms with Gasteiger partial charge < -0.3 is 25.4 Å². The molecule has 8 nitrogen and oxygen atoms in total. The molecule has 0 saturated heterocycles. The number of aliphatic hydroxyl groups is 1. The number of hydrogen-bond donors (Lipinski definition) is 4. The van der Waals surface area contributed by atoms with Gasteiger partial charge in [-0.15, -0.1) is 6.42 Å². The van der Waals surface area contributed by atoms with Crippen LogP contribution in [0.5, 0.6) is 0 Å². The van der Waals surface area contributed by atoms with Crippen molar-refractivity contribution in [2.24, 2.45) is 0 Å². The summed E-state index contributed by atoms with van der Waals surface area (Å²) in [4.78, 5) is 40.4. The lowest BCUT2D eigenvalue weighted by molar-refractivity contribution is -0.142. The van der Waals surface area contributed by atoms with Crippen LogP contribution in [-0.2, 0) is 14.3 Å². The third kappa shape index (κ3) is 9.27. The van der Waals surface area contributed by atoms with Crippen molar-refractivity contribution in [2.75, 3.05) is 18.9 Å². The first-order valence-electron chi connectivity index (χ1n) is 11.4. The number of nitrogens with one attached hydrogen (secondary N) is 2. The third-order valence-corrected chi connectivity index (χ3v) is 5.22. The molecular weight excluding hydrogens is 454 g/mol. The molecule has 0 saturated carbocycles. The Morgan fingerprint density at radius 3 is 2.29 bits per heavy atom. The van der Waals surface area contributed by atoms with E-state index in [1.807, 2.05) is 13.8 Å². The van der Waals surface area contributed by atoms with Gasteiger partial charge in [-0.05, 0) is 51.8 Å². The minimum atomic E-state index is -1.07. The molecule has 1 aromatic carbocycles. The standard InChI is InChI=1S/C25H37N3O5S/c1-7-9-17(3)26-22(30)21(19-12-10-18(8-2)11-13-19)28(14-15-29)23(31)20(16-34)27-24(32)33-25(4,5)6/h2,10-13,17,20-21,29,34H,7,9,14-16H2,1,3-6H3,(H,26,30)(H,27,32). The number of hydrogen-bond acceptors (Lipinski definition) is 6. The molecule has 9 heteroatoms. The highest BCUT2D eigenvalue weighted by Gasteiger charge is 2.36. The SMILES string of the molecule is C#Cc1ccc(C(C(=O)NC(C)CCC)N(CCO)C(=O)C(CS)NC(=O)OC(C)(C)C)cc1. The van der Waals surface area contributed by atoms with Crippen molar-refractivity contribution < 1.29 is 24.2 Å². The zero-order chi connectivity index (χ0) is 25.9. The predicted octanol–water partition coefficient (Wildman–Crippen LogP) is 2.66. The van der Waals surface area contributed by atoms with Crippen LogP contribution in [0.15, 0.2) is 24.3 Å². The van der Waals surface area contributed by atoms with E-state index in [0.717, 1.165) is 12.8 Å². The van der Waals surface area contributed by atoms with Crippen LogP contribution < -0.4 is 10.6 Å². The highest BCUT2D eigenvalue weighted by Crippen LogP contribution is 2.24. The minimum absolute atomic E-state index is 0.0311. The second-order valence-corrected chi connectivity index (χ2v) is 9.37. The van der Waals surface area contributed by atoms with Gasteiger partial charge in [0.2, 0.25) is 11.8 Å². The Kier molecular flexibility index (Phi) is 12.0. The van der Waals surface area contributed by atoms with Crippen molar-refractivity contribution in [2.45, 2.75) is 71.2 Å². The van der Waals surface area contributed by atoms with E-state index in [1.165, 1.54) is 4.90 Å². The van der Waals surface area contributed by atoms with Crippen molar-refractivity contribution >= 4 is 30.5 Å². The average molecular weight is 492 g/mol. The van der Waals surface area contributed by atoms with E-state index >= 15 is 0 Å². The predicted molar refractivity (Wildman–Crippen MR) is 135 cm³/mol. The van der Waals surface area contributed by atoms with Crippen LogP contribution in [0.1, 0.15) is 64.6 Å². The summed E-state index contributed by atoms with van der Waals surface area (Å²) in [6, 6.07) is 4.49. The molecule has 0 spiro atoms. The fraction of sp³-hybridized carbons (Fsp3) is 0.560. The normalized spacial score (nSPS) is 13.7. The highest BCUT2D eigenvalue weighted by atomic mass is 32.1. The third-order valence-electron chi connectivity index (χ3n) is 4.86. The number of amides is 3. The number of terminal acetylenes is 1. The number of rotatable bonds is 11. The lowest BCUT2D eigenvalue weighted by atomic mass is 10.0. The summed E-state index contributed by atoms with van der Waals surface area (Å²) in [5.74, 6) is 1.53. The summed E-state index contributed by atoms with van der Waals surface area (Å²) in [6.07, 6.45) is 6.32. The molecule has 0 aliphatic heterocycles. The molecule has 3 amide bonds. The minimum Gasteiger partial charge on any atom is -0.444 e. The lowest BCUT2D eigenvalue weighted by Crippen LogP contribution is -2.55. The quantitative estimate of drug-likeness (QED) is 0.281. The van der Waals surface area contributed by atoms with Crippen LogP contribution >= 0.6 is 12.6 Å². The monoisotopic (exact) mass is 491 g/mol. The van der Waals surface area contributed by atoms with Crippen LogP contribution in [-0.4, -0.2) is 64.5 Å². The van der Waals surface area contributed by atoms with E-state index < -0.39 is 35.6 Å². The summed E-state index contributed by atoms with van der Waals surface area (Å²) >= 11 is 4.22. The Morgan fingerprint density at radius 2 is 1.82 bits per heavy atom. The summed E-state index contributed by atoms with van der Waals surface area (Å²) in [7, 11) is 0. The van der Waals surface area contributed by atoms with Crippen molar-refractivity contribution in [1.82, 2.24) is 15.5 Å². The molecule has 3 atom stereocenters. The van der Waals surface area contributed by atoms with Crippen LogP contribution in [0.4, 0.5) is 4.79 Å². The number of nitrogens with zero attached hydrogens (tertiary/aromatic N) is 1. The molecule has 0 radical (unpaired) electrons. The maximum Gasteiger partial charge on any atom is 0.408 e. The van der Waals surface area contributed by atoms with Crippen LogP contribution in [0, 0.1) is 12.3 Å². The molecule has 0 aliphatic carbocycles. The number of carbonyl (C=O) groups excluding carboxylic acids is 3.